The molecule has 147 heavy (non-hydrogen) atoms. The van der Waals surface area contributed by atoms with Gasteiger partial charge < -0.3 is 95.0 Å². The Labute approximate surface area is 865 Å². The van der Waals surface area contributed by atoms with Crippen molar-refractivity contribution in [1.29, 1.82) is 0 Å². The normalized spacial score (nSPS) is 14.3. The number of phenols is 5. The second kappa shape index (κ2) is 59.0. The first-order valence-electron chi connectivity index (χ1n) is 51.2. The van der Waals surface area contributed by atoms with E-state index in [0.29, 0.717) is 63.5 Å². The second-order valence-corrected chi connectivity index (χ2v) is 36.2. The van der Waals surface area contributed by atoms with Crippen molar-refractivity contribution in [3.05, 3.63) is 412 Å². The molecular formula is C124H146N8O15. The van der Waals surface area contributed by atoms with Crippen LogP contribution in [0.15, 0.2) is 323 Å². The number of likely N-dealkylation sites (N-methyl/N-ethyl adjacent to an activating group) is 5. The highest BCUT2D eigenvalue weighted by Crippen LogP contribution is 2.45. The van der Waals surface area contributed by atoms with Crippen molar-refractivity contribution in [1.82, 2.24) is 40.7 Å². The van der Waals surface area contributed by atoms with Crippen molar-refractivity contribution in [2.24, 2.45) is 25.9 Å². The highest BCUT2D eigenvalue weighted by molar-refractivity contribution is 6.01. The molecule has 0 atom stereocenters. The van der Waals surface area contributed by atoms with Crippen molar-refractivity contribution in [2.75, 3.05) is 101 Å². The fourth-order valence-corrected chi connectivity index (χ4v) is 18.4. The minimum Gasteiger partial charge on any atom is -0.508 e. The highest BCUT2D eigenvalue weighted by Gasteiger charge is 2.28. The molecule has 0 radical (unpaired) electrons. The van der Waals surface area contributed by atoms with E-state index in [1.165, 1.54) is 33.9 Å². The van der Waals surface area contributed by atoms with Crippen LogP contribution in [-0.2, 0) is 18.9 Å². The zero-order valence-corrected chi connectivity index (χ0v) is 87.0. The number of phenolic OH excluding ortho intramolecular Hbond substituents is 5. The van der Waals surface area contributed by atoms with Crippen LogP contribution >= 0.6 is 0 Å². The van der Waals surface area contributed by atoms with Crippen molar-refractivity contribution in [3.63, 3.8) is 0 Å². The van der Waals surface area contributed by atoms with Crippen LogP contribution in [0.5, 0.6) is 57.5 Å². The third kappa shape index (κ3) is 33.4. The molecule has 2 aliphatic carbocycles. The summed E-state index contributed by atoms with van der Waals surface area (Å²) < 4.78 is 31.9. The summed E-state index contributed by atoms with van der Waals surface area (Å²) in [7, 11) is 13.0. The molecule has 23 nitrogen and oxygen atoms in total. The number of aliphatic hydroxyl groups excluding tert-OH is 1. The molecule has 3 heterocycles. The number of allylic oxidation sites excluding steroid dienone is 5. The summed E-state index contributed by atoms with van der Waals surface area (Å²) in [6.07, 6.45) is 16.4. The minimum atomic E-state index is -0.157. The van der Waals surface area contributed by atoms with Gasteiger partial charge in [0, 0.05) is 96.5 Å². The first kappa shape index (κ1) is 113. The largest absolute Gasteiger partial charge is 0.508 e. The Kier molecular flexibility index (Phi) is 45.1. The predicted octanol–water partition coefficient (Wildman–Crippen LogP) is 21.9. The Hall–Kier alpha value is -14.8. The molecule has 772 valence electrons. The Balaban J connectivity index is 0.000000175. The molecule has 0 aliphatic heterocycles. The third-order valence-electron chi connectivity index (χ3n) is 26.2. The number of ether oxygens (including phenoxy) is 5. The molecule has 3 aromatic heterocycles. The third-order valence-corrected chi connectivity index (χ3v) is 26.2. The van der Waals surface area contributed by atoms with Crippen molar-refractivity contribution in [3.8, 4) is 57.5 Å². The number of hydrogen-bond acceptors (Lipinski definition) is 20. The van der Waals surface area contributed by atoms with E-state index in [0.717, 1.165) is 232 Å². The number of pyridine rings is 3. The lowest BCUT2D eigenvalue weighted by Gasteiger charge is -2.29. The highest BCUT2D eigenvalue weighted by atomic mass is 16.5. The number of carbonyl (C=O) groups is 1. The summed E-state index contributed by atoms with van der Waals surface area (Å²) in [5.74, 6) is 6.66. The molecule has 0 unspecified atom stereocenters. The first-order chi connectivity index (χ1) is 71.4. The molecule has 2 aliphatic rings. The van der Waals surface area contributed by atoms with Crippen molar-refractivity contribution in [2.45, 2.75) is 124 Å². The fraction of sp³-hybridized carbons (Fsp3) is 0.306. The Morgan fingerprint density at radius 1 is 0.293 bits per heavy atom. The van der Waals surface area contributed by atoms with Gasteiger partial charge in [-0.25, -0.2) is 0 Å². The summed E-state index contributed by atoms with van der Waals surface area (Å²) in [6, 6.07) is 87.7. The molecule has 0 amide bonds. The summed E-state index contributed by atoms with van der Waals surface area (Å²) in [5.41, 5.74) is 24.8. The molecule has 15 rings (SSSR count). The second-order valence-electron chi connectivity index (χ2n) is 36.2. The number of aliphatic hydroxyl groups is 1. The Morgan fingerprint density at radius 2 is 0.524 bits per heavy atom. The molecule has 2 fully saturated rings. The van der Waals surface area contributed by atoms with Gasteiger partial charge in [-0.2, -0.15) is 0 Å². The average Bonchev–Trinajstić information content (AvgIpc) is 0.820. The van der Waals surface area contributed by atoms with Gasteiger partial charge in [0.05, 0.1) is 6.10 Å². The summed E-state index contributed by atoms with van der Waals surface area (Å²) in [5, 5.41) is 74.0. The van der Waals surface area contributed by atoms with E-state index in [1.807, 2.05) is 211 Å². The Morgan fingerprint density at radius 3 is 0.748 bits per heavy atom. The van der Waals surface area contributed by atoms with Gasteiger partial charge in [0.1, 0.15) is 96.3 Å². The summed E-state index contributed by atoms with van der Waals surface area (Å²) >= 11 is 0. The van der Waals surface area contributed by atoms with E-state index < -0.39 is 0 Å². The van der Waals surface area contributed by atoms with Gasteiger partial charge >= 0.3 is 0 Å². The number of aromatic hydroxyl groups is 5. The molecule has 0 bridgehead atoms. The maximum atomic E-state index is 12.3. The van der Waals surface area contributed by atoms with Gasteiger partial charge in [-0.15, -0.1) is 0 Å². The number of benzene rings is 10. The van der Waals surface area contributed by atoms with E-state index in [9.17, 15) is 49.8 Å². The van der Waals surface area contributed by atoms with E-state index in [4.69, 9.17) is 23.7 Å². The van der Waals surface area contributed by atoms with Crippen molar-refractivity contribution < 1.29 is 59.1 Å². The van der Waals surface area contributed by atoms with Crippen LogP contribution in [0.25, 0.3) is 44.6 Å². The zero-order chi connectivity index (χ0) is 105. The molecule has 2 saturated carbocycles. The van der Waals surface area contributed by atoms with Gasteiger partial charge in [0.25, 0.3) is 11.1 Å². The maximum Gasteiger partial charge on any atom is 0.250 e. The molecule has 0 spiro atoms. The number of aromatic amines is 1. The van der Waals surface area contributed by atoms with E-state index >= 15 is 0 Å². The number of Topliss-reactive ketones (excluding diaryl/α,β-unsaturated/α-hetero) is 1. The van der Waals surface area contributed by atoms with Crippen molar-refractivity contribution >= 4 is 50.4 Å². The maximum absolute atomic E-state index is 12.3. The SMILES string of the molecule is CC/C(=C(/c1ccc(O)cc1)c1ccc(OCCNC)cc1)C1CCC(=O)CC1.CC/C(=C(/c1ccc(O)cc1)c1ccc(OCCNC)cc1)c1ccn(C)c(=O)c1.CC/C(=C(\c1ccc(O)cc1)c1ccc(OCCNC)cc1)c1ccc(=O)[nH]c1.CC/C(=C(\c1ccc(O)cc1)c1ccc(OCCNC)cc1)c1ccn(C)c(=O)c1.CCC(=C(c1ccc(O)cc1)c1ccc(OCCNC)cc1)C1CCC(O)CC1. The number of aromatic nitrogens is 3. The Bertz CT molecular complexity index is 6440. The molecule has 10 aromatic carbocycles. The van der Waals surface area contributed by atoms with Crippen LogP contribution < -0.4 is 66.9 Å². The molecule has 0 saturated heterocycles. The number of rotatable bonds is 40. The van der Waals surface area contributed by atoms with Crippen LogP contribution in [0.1, 0.15) is 190 Å². The number of ketones is 1. The fourth-order valence-electron chi connectivity index (χ4n) is 18.4. The van der Waals surface area contributed by atoms with E-state index in [2.05, 4.69) is 90.5 Å². The lowest BCUT2D eigenvalue weighted by molar-refractivity contribution is -0.120. The minimum absolute atomic E-state index is 0.0446. The van der Waals surface area contributed by atoms with Gasteiger partial charge in [-0.05, 0) is 374 Å². The number of H-pyrrole nitrogens is 1. The van der Waals surface area contributed by atoms with Crippen LogP contribution in [0.3, 0.4) is 0 Å². The number of carbonyl (C=O) groups excluding carboxylic acids is 1. The zero-order valence-electron chi connectivity index (χ0n) is 87.0. The molecular weight excluding hydrogens is 1840 g/mol. The first-order valence-corrected chi connectivity index (χ1v) is 51.2. The van der Waals surface area contributed by atoms with E-state index in [1.54, 1.807) is 115 Å². The topological polar surface area (TPSA) is 322 Å². The van der Waals surface area contributed by atoms with E-state index in [-0.39, 0.29) is 51.5 Å². The smallest absolute Gasteiger partial charge is 0.250 e. The van der Waals surface area contributed by atoms with Crippen LogP contribution in [0.4, 0.5) is 0 Å². The van der Waals surface area contributed by atoms with Crippen LogP contribution in [0, 0.1) is 11.8 Å². The van der Waals surface area contributed by atoms with Gasteiger partial charge in [-0.3, -0.25) is 19.2 Å². The monoisotopic (exact) mass is 1990 g/mol. The van der Waals surface area contributed by atoms with Gasteiger partial charge in [-0.1, -0.05) is 167 Å². The number of nitrogens with zero attached hydrogens (tertiary/aromatic N) is 2. The summed E-state index contributed by atoms with van der Waals surface area (Å²) in [4.78, 5) is 50.5. The molecule has 13 aromatic rings. The lowest BCUT2D eigenvalue weighted by atomic mass is 9.77. The standard InChI is InChI=1S/2C25H28N2O3.C25H33NO3.C25H31NO3.C24H26N2O3/c2*1-4-23(20-13-15-27(3)24(29)17-20)25(18-5-9-21(28)10-6-18)19-7-11-22(12-8-19)30-16-14-26-2;2*1-3-24(18-4-10-21(27)11-5-18)25(19-6-12-22(28)13-7-19)20-8-14-23(15-9-20)29-17-16-26-2;1-3-22(19-8-13-23(28)26-16-19)24(17-4-9-20(27)10-5-17)18-6-11-21(12-7-18)29-15-14-25-2/h2*5-13,15,17,26,28H,4,14,16H2,1-3H3;6-9,12-15,18,21,26-28H,3-5,10-11,16-17H2,1-2H3;6-9,12-15,18,26,28H,3-5,10-11,16-17H2,1-2H3;4-13,16,25,27H,3,14-15H2,1-2H3,(H,26,28)/b25-23+;25-23-;;25-24+;24-22-. The quantitative estimate of drug-likeness (QED) is 0.0159. The van der Waals surface area contributed by atoms with Crippen LogP contribution in [0.2, 0.25) is 0 Å². The molecule has 23 heteroatoms. The summed E-state index contributed by atoms with van der Waals surface area (Å²) in [6.45, 7) is 17.7. The number of nitrogens with one attached hydrogen (secondary N) is 6. The number of aryl methyl sites for hydroxylation is 2. The van der Waals surface area contributed by atoms with Gasteiger partial charge in [0.2, 0.25) is 5.56 Å². The van der Waals surface area contributed by atoms with Crippen LogP contribution in [-0.4, -0.2) is 158 Å². The van der Waals surface area contributed by atoms with Gasteiger partial charge in [0.15, 0.2) is 0 Å². The average molecular weight is 1990 g/mol. The predicted molar refractivity (Wildman–Crippen MR) is 596 cm³/mol. The molecule has 12 N–H and O–H groups in total. The lowest BCUT2D eigenvalue weighted by Crippen LogP contribution is -2.20. The number of hydrogen-bond donors (Lipinski definition) is 12.